The maximum atomic E-state index is 12.0. The second kappa shape index (κ2) is 6.40. The van der Waals surface area contributed by atoms with E-state index in [4.69, 9.17) is 10.5 Å². The standard InChI is InChI=1S/C14H22N2O2/c1-10(2)18-12-7-5-11(6-8-12)13(9-15)14(17)16(3)4/h5-8,10,13H,9,15H2,1-4H3. The van der Waals surface area contributed by atoms with E-state index in [0.717, 1.165) is 11.3 Å². The molecule has 1 aromatic rings. The molecule has 0 saturated carbocycles. The summed E-state index contributed by atoms with van der Waals surface area (Å²) in [6.07, 6.45) is 0.143. The number of hydrogen-bond donors (Lipinski definition) is 1. The van der Waals surface area contributed by atoms with Crippen LogP contribution in [0.15, 0.2) is 24.3 Å². The zero-order chi connectivity index (χ0) is 13.7. The van der Waals surface area contributed by atoms with Crippen LogP contribution in [0, 0.1) is 0 Å². The van der Waals surface area contributed by atoms with Crippen LogP contribution in [0.25, 0.3) is 0 Å². The van der Waals surface area contributed by atoms with Gasteiger partial charge in [-0.05, 0) is 31.5 Å². The van der Waals surface area contributed by atoms with Gasteiger partial charge in [0.05, 0.1) is 12.0 Å². The Labute approximate surface area is 109 Å². The minimum atomic E-state index is -0.284. The number of likely N-dealkylation sites (N-methyl/N-ethyl adjacent to an activating group) is 1. The molecule has 0 aliphatic heterocycles. The molecule has 0 radical (unpaired) electrons. The van der Waals surface area contributed by atoms with Crippen LogP contribution in [-0.2, 0) is 4.79 Å². The van der Waals surface area contributed by atoms with Crippen molar-refractivity contribution in [2.75, 3.05) is 20.6 Å². The summed E-state index contributed by atoms with van der Waals surface area (Å²) in [7, 11) is 3.47. The predicted octanol–water partition coefficient (Wildman–Crippen LogP) is 1.60. The molecular weight excluding hydrogens is 228 g/mol. The monoisotopic (exact) mass is 250 g/mol. The molecule has 0 aliphatic carbocycles. The first-order valence-corrected chi connectivity index (χ1v) is 6.13. The van der Waals surface area contributed by atoms with Crippen LogP contribution in [0.1, 0.15) is 25.3 Å². The van der Waals surface area contributed by atoms with E-state index < -0.39 is 0 Å². The molecule has 0 heterocycles. The summed E-state index contributed by atoms with van der Waals surface area (Å²) >= 11 is 0. The van der Waals surface area contributed by atoms with E-state index in [1.165, 1.54) is 0 Å². The zero-order valence-electron chi connectivity index (χ0n) is 11.5. The summed E-state index contributed by atoms with van der Waals surface area (Å²) in [6, 6.07) is 7.55. The molecule has 4 heteroatoms. The third-order valence-corrected chi connectivity index (χ3v) is 2.63. The van der Waals surface area contributed by atoms with Gasteiger partial charge in [0, 0.05) is 20.6 Å². The van der Waals surface area contributed by atoms with Gasteiger partial charge >= 0.3 is 0 Å². The molecule has 18 heavy (non-hydrogen) atoms. The van der Waals surface area contributed by atoms with Crippen molar-refractivity contribution in [3.8, 4) is 5.75 Å². The fourth-order valence-corrected chi connectivity index (χ4v) is 1.74. The minimum Gasteiger partial charge on any atom is -0.491 e. The van der Waals surface area contributed by atoms with Gasteiger partial charge in [-0.2, -0.15) is 0 Å². The fraction of sp³-hybridized carbons (Fsp3) is 0.500. The molecule has 1 amide bonds. The second-order valence-corrected chi connectivity index (χ2v) is 4.76. The number of carbonyl (C=O) groups is 1. The molecule has 0 fully saturated rings. The molecular formula is C14H22N2O2. The van der Waals surface area contributed by atoms with E-state index in [0.29, 0.717) is 6.54 Å². The Morgan fingerprint density at radius 3 is 2.22 bits per heavy atom. The van der Waals surface area contributed by atoms with Gasteiger partial charge in [0.25, 0.3) is 0 Å². The third kappa shape index (κ3) is 3.74. The molecule has 0 spiro atoms. The zero-order valence-corrected chi connectivity index (χ0v) is 11.5. The lowest BCUT2D eigenvalue weighted by Crippen LogP contribution is -2.32. The molecule has 0 saturated heterocycles. The molecule has 1 rings (SSSR count). The maximum absolute atomic E-state index is 12.0. The largest absolute Gasteiger partial charge is 0.491 e. The molecule has 4 nitrogen and oxygen atoms in total. The number of benzene rings is 1. The average Bonchev–Trinajstić information content (AvgIpc) is 2.31. The fourth-order valence-electron chi connectivity index (χ4n) is 1.74. The van der Waals surface area contributed by atoms with E-state index in [9.17, 15) is 4.79 Å². The highest BCUT2D eigenvalue weighted by Gasteiger charge is 2.20. The Hall–Kier alpha value is -1.55. The molecule has 2 N–H and O–H groups in total. The lowest BCUT2D eigenvalue weighted by Gasteiger charge is -2.19. The van der Waals surface area contributed by atoms with Crippen LogP contribution >= 0.6 is 0 Å². The Balaban J connectivity index is 2.85. The lowest BCUT2D eigenvalue weighted by atomic mass is 9.98. The summed E-state index contributed by atoms with van der Waals surface area (Å²) in [5.41, 5.74) is 6.61. The topological polar surface area (TPSA) is 55.6 Å². The van der Waals surface area contributed by atoms with Crippen molar-refractivity contribution in [3.63, 3.8) is 0 Å². The third-order valence-electron chi connectivity index (χ3n) is 2.63. The van der Waals surface area contributed by atoms with E-state index in [-0.39, 0.29) is 17.9 Å². The molecule has 0 bridgehead atoms. The van der Waals surface area contributed by atoms with Crippen LogP contribution in [0.5, 0.6) is 5.75 Å². The van der Waals surface area contributed by atoms with Crippen molar-refractivity contribution in [1.29, 1.82) is 0 Å². The molecule has 100 valence electrons. The van der Waals surface area contributed by atoms with E-state index in [1.54, 1.807) is 19.0 Å². The SMILES string of the molecule is CC(C)Oc1ccc(C(CN)C(=O)N(C)C)cc1. The number of rotatable bonds is 5. The van der Waals surface area contributed by atoms with Gasteiger partial charge < -0.3 is 15.4 Å². The van der Waals surface area contributed by atoms with Gasteiger partial charge in [-0.25, -0.2) is 0 Å². The van der Waals surface area contributed by atoms with Crippen LogP contribution in [0.2, 0.25) is 0 Å². The minimum absolute atomic E-state index is 0.0232. The van der Waals surface area contributed by atoms with Crippen LogP contribution in [-0.4, -0.2) is 37.6 Å². The molecule has 1 atom stereocenters. The van der Waals surface area contributed by atoms with Crippen LogP contribution in [0.4, 0.5) is 0 Å². The van der Waals surface area contributed by atoms with Gasteiger partial charge in [0.2, 0.25) is 5.91 Å². The first-order chi connectivity index (χ1) is 8.45. The first-order valence-electron chi connectivity index (χ1n) is 6.13. The lowest BCUT2D eigenvalue weighted by molar-refractivity contribution is -0.130. The van der Waals surface area contributed by atoms with Crippen molar-refractivity contribution in [2.24, 2.45) is 5.73 Å². The van der Waals surface area contributed by atoms with E-state index in [1.807, 2.05) is 38.1 Å². The Kier molecular flexibility index (Phi) is 5.16. The van der Waals surface area contributed by atoms with Crippen molar-refractivity contribution in [1.82, 2.24) is 4.90 Å². The van der Waals surface area contributed by atoms with Crippen molar-refractivity contribution in [2.45, 2.75) is 25.9 Å². The normalized spacial score (nSPS) is 12.3. The summed E-state index contributed by atoms with van der Waals surface area (Å²) < 4.78 is 5.56. The van der Waals surface area contributed by atoms with E-state index >= 15 is 0 Å². The molecule has 1 aromatic carbocycles. The number of hydrogen-bond acceptors (Lipinski definition) is 3. The average molecular weight is 250 g/mol. The van der Waals surface area contributed by atoms with E-state index in [2.05, 4.69) is 0 Å². The van der Waals surface area contributed by atoms with Crippen LogP contribution < -0.4 is 10.5 Å². The van der Waals surface area contributed by atoms with Crippen LogP contribution in [0.3, 0.4) is 0 Å². The quantitative estimate of drug-likeness (QED) is 0.863. The number of amides is 1. The second-order valence-electron chi connectivity index (χ2n) is 4.76. The predicted molar refractivity (Wildman–Crippen MR) is 72.7 cm³/mol. The first kappa shape index (κ1) is 14.5. The smallest absolute Gasteiger partial charge is 0.230 e. The summed E-state index contributed by atoms with van der Waals surface area (Å²) in [5.74, 6) is 0.546. The van der Waals surface area contributed by atoms with Crippen molar-refractivity contribution < 1.29 is 9.53 Å². The van der Waals surface area contributed by atoms with Gasteiger partial charge in [-0.15, -0.1) is 0 Å². The van der Waals surface area contributed by atoms with Crippen molar-refractivity contribution >= 4 is 5.91 Å². The Morgan fingerprint density at radius 1 is 1.28 bits per heavy atom. The number of nitrogens with two attached hydrogens (primary N) is 1. The number of ether oxygens (including phenoxy) is 1. The summed E-state index contributed by atoms with van der Waals surface area (Å²) in [6.45, 7) is 4.26. The van der Waals surface area contributed by atoms with Gasteiger partial charge in [0.1, 0.15) is 5.75 Å². The highest BCUT2D eigenvalue weighted by atomic mass is 16.5. The van der Waals surface area contributed by atoms with Gasteiger partial charge in [0.15, 0.2) is 0 Å². The number of nitrogens with zero attached hydrogens (tertiary/aromatic N) is 1. The van der Waals surface area contributed by atoms with Gasteiger partial charge in [-0.3, -0.25) is 4.79 Å². The molecule has 0 aliphatic rings. The molecule has 1 unspecified atom stereocenters. The molecule has 0 aromatic heterocycles. The number of carbonyl (C=O) groups excluding carboxylic acids is 1. The Bertz CT molecular complexity index is 385. The summed E-state index contributed by atoms with van der Waals surface area (Å²) in [4.78, 5) is 13.5. The highest BCUT2D eigenvalue weighted by molar-refractivity contribution is 5.83. The Morgan fingerprint density at radius 2 is 1.83 bits per heavy atom. The van der Waals surface area contributed by atoms with Gasteiger partial charge in [-0.1, -0.05) is 12.1 Å². The summed E-state index contributed by atoms with van der Waals surface area (Å²) in [5, 5.41) is 0. The van der Waals surface area contributed by atoms with Crippen molar-refractivity contribution in [3.05, 3.63) is 29.8 Å². The maximum Gasteiger partial charge on any atom is 0.230 e. The highest BCUT2D eigenvalue weighted by Crippen LogP contribution is 2.21.